The highest BCUT2D eigenvalue weighted by Gasteiger charge is 2.24. The molecule has 0 aromatic rings. The van der Waals surface area contributed by atoms with E-state index in [2.05, 4.69) is 5.32 Å². The molecule has 1 fully saturated rings. The second kappa shape index (κ2) is 2.80. The molecule has 52 valence electrons. The molecular weight excluding hydrogens is 122 g/mol. The Kier molecular flexibility index (Phi) is 2.02. The average molecular weight is 131 g/mol. The average Bonchev–Trinajstić information content (AvgIpc) is 2.18. The summed E-state index contributed by atoms with van der Waals surface area (Å²) < 4.78 is 4.85. The molecule has 2 N–H and O–H groups in total. The fourth-order valence-electron chi connectivity index (χ4n) is 0.790. The number of rotatable bonds is 2. The molecule has 0 aliphatic carbocycles. The van der Waals surface area contributed by atoms with Crippen LogP contribution in [-0.2, 0) is 9.53 Å². The fourth-order valence-corrected chi connectivity index (χ4v) is 0.790. The third kappa shape index (κ3) is 1.40. The van der Waals surface area contributed by atoms with E-state index in [9.17, 15) is 4.79 Å². The van der Waals surface area contributed by atoms with Crippen LogP contribution in [0.5, 0.6) is 0 Å². The molecule has 2 atom stereocenters. The smallest absolute Gasteiger partial charge is 0.207 e. The number of hydrogen-bond acceptors (Lipinski definition) is 3. The summed E-state index contributed by atoms with van der Waals surface area (Å²) in [5.41, 5.74) is 0. The van der Waals surface area contributed by atoms with Gasteiger partial charge in [0.05, 0.1) is 25.4 Å². The molecule has 9 heavy (non-hydrogen) atoms. The van der Waals surface area contributed by atoms with Gasteiger partial charge in [-0.2, -0.15) is 0 Å². The van der Waals surface area contributed by atoms with Crippen LogP contribution in [-0.4, -0.2) is 36.9 Å². The first kappa shape index (κ1) is 6.51. The molecule has 1 heterocycles. The van der Waals surface area contributed by atoms with Gasteiger partial charge in [0, 0.05) is 0 Å². The van der Waals surface area contributed by atoms with E-state index in [0.29, 0.717) is 19.6 Å². The minimum Gasteiger partial charge on any atom is -0.388 e. The van der Waals surface area contributed by atoms with E-state index in [1.165, 1.54) is 0 Å². The van der Waals surface area contributed by atoms with Crippen molar-refractivity contribution in [2.45, 2.75) is 12.1 Å². The van der Waals surface area contributed by atoms with Gasteiger partial charge in [-0.3, -0.25) is 4.79 Å². The lowest BCUT2D eigenvalue weighted by Gasteiger charge is -2.08. The quantitative estimate of drug-likeness (QED) is 0.448. The maximum atomic E-state index is 9.83. The molecule has 0 aromatic heterocycles. The van der Waals surface area contributed by atoms with Crippen LogP contribution < -0.4 is 5.32 Å². The van der Waals surface area contributed by atoms with Gasteiger partial charge >= 0.3 is 0 Å². The second-order valence-electron chi connectivity index (χ2n) is 2.00. The normalized spacial score (nSPS) is 34.3. The zero-order valence-corrected chi connectivity index (χ0v) is 4.91. The van der Waals surface area contributed by atoms with E-state index >= 15 is 0 Å². The molecule has 1 aliphatic heterocycles. The van der Waals surface area contributed by atoms with Crippen LogP contribution >= 0.6 is 0 Å². The highest BCUT2D eigenvalue weighted by molar-refractivity contribution is 5.46. The first-order valence-electron chi connectivity index (χ1n) is 2.80. The fraction of sp³-hybridized carbons (Fsp3) is 0.800. The van der Waals surface area contributed by atoms with Crippen LogP contribution in [0.2, 0.25) is 0 Å². The van der Waals surface area contributed by atoms with E-state index < -0.39 is 6.10 Å². The Morgan fingerprint density at radius 3 is 2.89 bits per heavy atom. The molecule has 4 heteroatoms. The number of aliphatic hydroxyl groups is 1. The third-order valence-corrected chi connectivity index (χ3v) is 1.33. The van der Waals surface area contributed by atoms with Crippen molar-refractivity contribution in [2.24, 2.45) is 0 Å². The molecule has 1 amide bonds. The zero-order chi connectivity index (χ0) is 6.69. The van der Waals surface area contributed by atoms with Crippen LogP contribution in [0.25, 0.3) is 0 Å². The SMILES string of the molecule is O=CNC1COCC1O. The van der Waals surface area contributed by atoms with Crippen LogP contribution in [0.3, 0.4) is 0 Å². The topological polar surface area (TPSA) is 58.6 Å². The summed E-state index contributed by atoms with van der Waals surface area (Å²) in [6, 6.07) is -0.206. The molecule has 0 aromatic carbocycles. The van der Waals surface area contributed by atoms with Crippen molar-refractivity contribution in [3.63, 3.8) is 0 Å². The van der Waals surface area contributed by atoms with Crippen LogP contribution in [0.4, 0.5) is 0 Å². The summed E-state index contributed by atoms with van der Waals surface area (Å²) in [5, 5.41) is 11.4. The lowest BCUT2D eigenvalue weighted by Crippen LogP contribution is -2.37. The maximum absolute atomic E-state index is 9.83. The first-order valence-corrected chi connectivity index (χ1v) is 2.80. The van der Waals surface area contributed by atoms with E-state index in [4.69, 9.17) is 9.84 Å². The highest BCUT2D eigenvalue weighted by atomic mass is 16.5. The van der Waals surface area contributed by atoms with Crippen LogP contribution in [0.15, 0.2) is 0 Å². The third-order valence-electron chi connectivity index (χ3n) is 1.33. The minimum absolute atomic E-state index is 0.206. The summed E-state index contributed by atoms with van der Waals surface area (Å²) in [6.07, 6.45) is 0.0398. The molecule has 4 nitrogen and oxygen atoms in total. The largest absolute Gasteiger partial charge is 0.388 e. The number of ether oxygens (including phenoxy) is 1. The lowest BCUT2D eigenvalue weighted by atomic mass is 10.2. The Morgan fingerprint density at radius 2 is 2.44 bits per heavy atom. The summed E-state index contributed by atoms with van der Waals surface area (Å²) in [5.74, 6) is 0. The molecule has 0 bridgehead atoms. The summed E-state index contributed by atoms with van der Waals surface area (Å²) in [6.45, 7) is 0.741. The van der Waals surface area contributed by atoms with Gasteiger partial charge in [0.15, 0.2) is 0 Å². The Morgan fingerprint density at radius 1 is 1.67 bits per heavy atom. The van der Waals surface area contributed by atoms with Crippen molar-refractivity contribution < 1.29 is 14.6 Å². The Labute approximate surface area is 52.8 Å². The van der Waals surface area contributed by atoms with Crippen molar-refractivity contribution in [2.75, 3.05) is 13.2 Å². The van der Waals surface area contributed by atoms with Crippen molar-refractivity contribution in [1.82, 2.24) is 5.32 Å². The first-order chi connectivity index (χ1) is 4.34. The number of hydrogen-bond donors (Lipinski definition) is 2. The number of amides is 1. The van der Waals surface area contributed by atoms with E-state index in [0.717, 1.165) is 0 Å². The van der Waals surface area contributed by atoms with Crippen molar-refractivity contribution in [3.8, 4) is 0 Å². The summed E-state index contributed by atoms with van der Waals surface area (Å²) in [4.78, 5) is 9.83. The molecule has 1 saturated heterocycles. The summed E-state index contributed by atoms with van der Waals surface area (Å²) >= 11 is 0. The van der Waals surface area contributed by atoms with Crippen LogP contribution in [0, 0.1) is 0 Å². The van der Waals surface area contributed by atoms with Crippen LogP contribution in [0.1, 0.15) is 0 Å². The maximum Gasteiger partial charge on any atom is 0.207 e. The van der Waals surface area contributed by atoms with E-state index in [1.807, 2.05) is 0 Å². The van der Waals surface area contributed by atoms with Gasteiger partial charge in [-0.25, -0.2) is 0 Å². The molecule has 0 saturated carbocycles. The Balaban J connectivity index is 2.30. The standard InChI is InChI=1S/C5H9NO3/c7-3-6-4-1-9-2-5(4)8/h3-5,8H,1-2H2,(H,6,7). The van der Waals surface area contributed by atoms with Crippen molar-refractivity contribution in [3.05, 3.63) is 0 Å². The van der Waals surface area contributed by atoms with Gasteiger partial charge in [-0.05, 0) is 0 Å². The number of aliphatic hydroxyl groups excluding tert-OH is 1. The van der Waals surface area contributed by atoms with Gasteiger partial charge < -0.3 is 15.2 Å². The van der Waals surface area contributed by atoms with Crippen molar-refractivity contribution in [1.29, 1.82) is 0 Å². The monoisotopic (exact) mass is 131 g/mol. The second-order valence-corrected chi connectivity index (χ2v) is 2.00. The molecule has 0 radical (unpaired) electrons. The molecule has 2 unspecified atom stereocenters. The van der Waals surface area contributed by atoms with Crippen molar-refractivity contribution >= 4 is 6.41 Å². The predicted octanol–water partition coefficient (Wildman–Crippen LogP) is -1.51. The lowest BCUT2D eigenvalue weighted by molar-refractivity contribution is -0.110. The molecular formula is C5H9NO3. The number of carbonyl (C=O) groups excluding carboxylic acids is 1. The van der Waals surface area contributed by atoms with Gasteiger partial charge in [0.2, 0.25) is 6.41 Å². The molecule has 1 aliphatic rings. The Hall–Kier alpha value is -0.610. The van der Waals surface area contributed by atoms with E-state index in [1.54, 1.807) is 0 Å². The van der Waals surface area contributed by atoms with Gasteiger partial charge in [-0.1, -0.05) is 0 Å². The molecule has 0 spiro atoms. The zero-order valence-electron chi connectivity index (χ0n) is 4.91. The van der Waals surface area contributed by atoms with E-state index in [-0.39, 0.29) is 6.04 Å². The minimum atomic E-state index is -0.532. The number of nitrogens with one attached hydrogen (secondary N) is 1. The van der Waals surface area contributed by atoms with Gasteiger partial charge in [0.1, 0.15) is 0 Å². The van der Waals surface area contributed by atoms with Gasteiger partial charge in [0.25, 0.3) is 0 Å². The predicted molar refractivity (Wildman–Crippen MR) is 29.8 cm³/mol. The van der Waals surface area contributed by atoms with Gasteiger partial charge in [-0.15, -0.1) is 0 Å². The highest BCUT2D eigenvalue weighted by Crippen LogP contribution is 2.03. The summed E-state index contributed by atoms with van der Waals surface area (Å²) in [7, 11) is 0. The molecule has 1 rings (SSSR count). The Bertz CT molecular complexity index is 106. The number of carbonyl (C=O) groups is 1.